The van der Waals surface area contributed by atoms with Crippen LogP contribution in [-0.4, -0.2) is 19.6 Å². The molecule has 3 rings (SSSR count). The Hall–Kier alpha value is -1.84. The molecular weight excluding hydrogens is 334 g/mol. The quantitative estimate of drug-likeness (QED) is 0.816. The van der Waals surface area contributed by atoms with Gasteiger partial charge in [-0.15, -0.1) is 0 Å². The van der Waals surface area contributed by atoms with Crippen molar-refractivity contribution in [2.45, 2.75) is 37.2 Å². The highest BCUT2D eigenvalue weighted by molar-refractivity contribution is 6.30. The van der Waals surface area contributed by atoms with Gasteiger partial charge in [0.1, 0.15) is 0 Å². The van der Waals surface area contributed by atoms with E-state index in [-0.39, 0.29) is 12.0 Å². The summed E-state index contributed by atoms with van der Waals surface area (Å²) in [5, 5.41) is 3.80. The van der Waals surface area contributed by atoms with Crippen LogP contribution >= 0.6 is 11.6 Å². The van der Waals surface area contributed by atoms with E-state index in [9.17, 15) is 4.79 Å². The van der Waals surface area contributed by atoms with Gasteiger partial charge in [-0.2, -0.15) is 0 Å². The van der Waals surface area contributed by atoms with Gasteiger partial charge in [0.15, 0.2) is 0 Å². The third kappa shape index (κ3) is 3.88. The van der Waals surface area contributed by atoms with Gasteiger partial charge < -0.3 is 10.1 Å². The Balaban J connectivity index is 1.76. The number of hydrogen-bond acceptors (Lipinski definition) is 2. The molecule has 0 bridgehead atoms. The fraction of sp³-hybridized carbons (Fsp3) is 0.381. The molecule has 4 heteroatoms. The van der Waals surface area contributed by atoms with E-state index in [4.69, 9.17) is 16.3 Å². The zero-order chi connectivity index (χ0) is 17.7. The molecule has 0 aliphatic heterocycles. The van der Waals surface area contributed by atoms with Crippen LogP contribution in [0.2, 0.25) is 5.02 Å². The molecule has 1 saturated carbocycles. The minimum atomic E-state index is -0.472. The highest BCUT2D eigenvalue weighted by Crippen LogP contribution is 2.42. The summed E-state index contributed by atoms with van der Waals surface area (Å²) >= 11 is 6.17. The van der Waals surface area contributed by atoms with E-state index in [1.165, 1.54) is 0 Å². The number of benzene rings is 2. The lowest BCUT2D eigenvalue weighted by Gasteiger charge is -2.29. The molecule has 0 spiro atoms. The molecule has 1 atom stereocenters. The van der Waals surface area contributed by atoms with E-state index in [0.717, 1.165) is 36.8 Å². The summed E-state index contributed by atoms with van der Waals surface area (Å²) in [7, 11) is 1.67. The Bertz CT molecular complexity index is 711. The Kier molecular flexibility index (Phi) is 5.77. The largest absolute Gasteiger partial charge is 0.375 e. The Morgan fingerprint density at radius 2 is 1.88 bits per heavy atom. The van der Waals surface area contributed by atoms with Gasteiger partial charge in [0, 0.05) is 18.7 Å². The highest BCUT2D eigenvalue weighted by atomic mass is 35.5. The van der Waals surface area contributed by atoms with Crippen LogP contribution in [0.3, 0.4) is 0 Å². The van der Waals surface area contributed by atoms with Crippen molar-refractivity contribution in [3.05, 3.63) is 70.7 Å². The molecule has 0 heterocycles. The molecule has 1 N–H and O–H groups in total. The van der Waals surface area contributed by atoms with Gasteiger partial charge in [-0.1, -0.05) is 66.9 Å². The van der Waals surface area contributed by atoms with E-state index < -0.39 is 5.41 Å². The second-order valence-corrected chi connectivity index (χ2v) is 7.08. The molecule has 1 aliphatic carbocycles. The first-order valence-corrected chi connectivity index (χ1v) is 9.15. The van der Waals surface area contributed by atoms with Crippen molar-refractivity contribution in [2.24, 2.45) is 0 Å². The number of rotatable bonds is 6. The van der Waals surface area contributed by atoms with Gasteiger partial charge >= 0.3 is 0 Å². The number of ether oxygens (including phenoxy) is 1. The van der Waals surface area contributed by atoms with Crippen molar-refractivity contribution >= 4 is 17.5 Å². The zero-order valence-electron chi connectivity index (χ0n) is 14.5. The van der Waals surface area contributed by atoms with Crippen LogP contribution in [0.15, 0.2) is 54.6 Å². The molecule has 132 valence electrons. The Labute approximate surface area is 154 Å². The number of methoxy groups -OCH3 is 1. The third-order valence-corrected chi connectivity index (χ3v) is 5.41. The summed E-state index contributed by atoms with van der Waals surface area (Å²) in [5.41, 5.74) is 1.61. The molecule has 1 unspecified atom stereocenters. The molecule has 3 nitrogen and oxygen atoms in total. The minimum absolute atomic E-state index is 0.0743. The van der Waals surface area contributed by atoms with Crippen LogP contribution in [0.1, 0.15) is 42.9 Å². The first kappa shape index (κ1) is 18.0. The smallest absolute Gasteiger partial charge is 0.230 e. The lowest BCUT2D eigenvalue weighted by Crippen LogP contribution is -2.44. The number of carbonyl (C=O) groups excluding carboxylic acids is 1. The first-order chi connectivity index (χ1) is 12.2. The average molecular weight is 358 g/mol. The molecular formula is C21H24ClNO2. The summed E-state index contributed by atoms with van der Waals surface area (Å²) in [6.45, 7) is 0.460. The number of halogens is 1. The topological polar surface area (TPSA) is 38.3 Å². The molecule has 2 aromatic carbocycles. The van der Waals surface area contributed by atoms with Gasteiger partial charge in [-0.3, -0.25) is 4.79 Å². The first-order valence-electron chi connectivity index (χ1n) is 8.78. The van der Waals surface area contributed by atoms with Crippen molar-refractivity contribution in [3.63, 3.8) is 0 Å². The molecule has 1 fully saturated rings. The maximum atomic E-state index is 13.1. The number of hydrogen-bond donors (Lipinski definition) is 1. The summed E-state index contributed by atoms with van der Waals surface area (Å²) in [6.07, 6.45) is 3.70. The van der Waals surface area contributed by atoms with E-state index in [1.54, 1.807) is 7.11 Å². The van der Waals surface area contributed by atoms with Gasteiger partial charge in [-0.05, 0) is 36.1 Å². The lowest BCUT2D eigenvalue weighted by molar-refractivity contribution is -0.127. The number of nitrogens with one attached hydrogen (secondary N) is 1. The van der Waals surface area contributed by atoms with Crippen molar-refractivity contribution in [3.8, 4) is 0 Å². The fourth-order valence-electron chi connectivity index (χ4n) is 3.77. The van der Waals surface area contributed by atoms with E-state index in [0.29, 0.717) is 11.6 Å². The fourth-order valence-corrected chi connectivity index (χ4v) is 3.96. The maximum absolute atomic E-state index is 13.1. The van der Waals surface area contributed by atoms with Crippen molar-refractivity contribution < 1.29 is 9.53 Å². The van der Waals surface area contributed by atoms with Crippen LogP contribution in [0.5, 0.6) is 0 Å². The predicted octanol–water partition coefficient (Wildman–Crippen LogP) is 4.66. The van der Waals surface area contributed by atoms with Crippen molar-refractivity contribution in [1.82, 2.24) is 5.32 Å². The Morgan fingerprint density at radius 1 is 1.16 bits per heavy atom. The second kappa shape index (κ2) is 8.03. The Morgan fingerprint density at radius 3 is 2.52 bits per heavy atom. The minimum Gasteiger partial charge on any atom is -0.375 e. The summed E-state index contributed by atoms with van der Waals surface area (Å²) in [5.74, 6) is 0.0743. The SMILES string of the molecule is COC(CNC(=O)C1(c2cccc(Cl)c2)CCCC1)c1ccccc1. The number of amides is 1. The van der Waals surface area contributed by atoms with E-state index >= 15 is 0 Å². The van der Waals surface area contributed by atoms with Gasteiger partial charge in [0.25, 0.3) is 0 Å². The van der Waals surface area contributed by atoms with Crippen molar-refractivity contribution in [2.75, 3.05) is 13.7 Å². The molecule has 0 aromatic heterocycles. The molecule has 25 heavy (non-hydrogen) atoms. The second-order valence-electron chi connectivity index (χ2n) is 6.64. The van der Waals surface area contributed by atoms with Crippen molar-refractivity contribution in [1.29, 1.82) is 0 Å². The standard InChI is InChI=1S/C21H24ClNO2/c1-25-19(16-8-3-2-4-9-16)15-23-20(24)21(12-5-6-13-21)17-10-7-11-18(22)14-17/h2-4,7-11,14,19H,5-6,12-13,15H2,1H3,(H,23,24). The molecule has 0 saturated heterocycles. The van der Waals surface area contributed by atoms with E-state index in [1.807, 2.05) is 54.6 Å². The van der Waals surface area contributed by atoms with Crippen LogP contribution in [0.25, 0.3) is 0 Å². The van der Waals surface area contributed by atoms with Gasteiger partial charge in [0.2, 0.25) is 5.91 Å². The van der Waals surface area contributed by atoms with Gasteiger partial charge in [0.05, 0.1) is 11.5 Å². The lowest BCUT2D eigenvalue weighted by atomic mass is 9.78. The summed E-state index contributed by atoms with van der Waals surface area (Å²) in [6, 6.07) is 17.7. The molecule has 2 aromatic rings. The van der Waals surface area contributed by atoms with E-state index in [2.05, 4.69) is 5.32 Å². The third-order valence-electron chi connectivity index (χ3n) is 5.17. The normalized spacial score (nSPS) is 17.2. The average Bonchev–Trinajstić information content (AvgIpc) is 3.14. The monoisotopic (exact) mass is 357 g/mol. The molecule has 0 radical (unpaired) electrons. The van der Waals surface area contributed by atoms with Crippen LogP contribution in [0.4, 0.5) is 0 Å². The predicted molar refractivity (Wildman–Crippen MR) is 101 cm³/mol. The zero-order valence-corrected chi connectivity index (χ0v) is 15.3. The van der Waals surface area contributed by atoms with Crippen LogP contribution in [-0.2, 0) is 14.9 Å². The summed E-state index contributed by atoms with van der Waals surface area (Å²) < 4.78 is 5.57. The van der Waals surface area contributed by atoms with Gasteiger partial charge in [-0.25, -0.2) is 0 Å². The molecule has 1 aliphatic rings. The highest BCUT2D eigenvalue weighted by Gasteiger charge is 2.42. The van der Waals surface area contributed by atoms with Crippen LogP contribution < -0.4 is 5.32 Å². The summed E-state index contributed by atoms with van der Waals surface area (Å²) in [4.78, 5) is 13.1. The molecule has 1 amide bonds. The van der Waals surface area contributed by atoms with Crippen LogP contribution in [0, 0.1) is 0 Å². The number of carbonyl (C=O) groups is 1. The maximum Gasteiger partial charge on any atom is 0.230 e.